The van der Waals surface area contributed by atoms with Crippen LogP contribution in [0.5, 0.6) is 11.5 Å². The van der Waals surface area contributed by atoms with E-state index in [1.54, 1.807) is 0 Å². The molecule has 0 aromatic heterocycles. The van der Waals surface area contributed by atoms with Crippen molar-refractivity contribution < 1.29 is 19.6 Å². The van der Waals surface area contributed by atoms with Crippen molar-refractivity contribution in [3.8, 4) is 17.6 Å². The van der Waals surface area contributed by atoms with Crippen LogP contribution in [-0.4, -0.2) is 16.1 Å². The first kappa shape index (κ1) is 14.8. The van der Waals surface area contributed by atoms with Crippen LogP contribution in [0.3, 0.4) is 0 Å². The number of benzene rings is 2. The molecule has 0 aliphatic heterocycles. The molecule has 2 rings (SSSR count). The molecule has 8 heteroatoms. The first-order valence-electron chi connectivity index (χ1n) is 5.96. The summed E-state index contributed by atoms with van der Waals surface area (Å²) in [5.74, 6) is 0.535. The van der Waals surface area contributed by atoms with Gasteiger partial charge in [0, 0.05) is 17.8 Å². The van der Waals surface area contributed by atoms with Gasteiger partial charge in [0.1, 0.15) is 23.1 Å². The maximum absolute atomic E-state index is 10.7. The van der Waals surface area contributed by atoms with Gasteiger partial charge in [-0.05, 0) is 30.3 Å². The number of hydrogen-bond acceptors (Lipinski definition) is 5. The Balaban J connectivity index is 2.22. The van der Waals surface area contributed by atoms with Crippen molar-refractivity contribution >= 4 is 17.5 Å². The zero-order valence-electron chi connectivity index (χ0n) is 11.0. The van der Waals surface area contributed by atoms with Crippen LogP contribution in [0.2, 0.25) is 0 Å². The largest absolute Gasteiger partial charge is 0.465 e. The third-order valence-corrected chi connectivity index (χ3v) is 2.63. The van der Waals surface area contributed by atoms with Gasteiger partial charge >= 0.3 is 6.09 Å². The lowest BCUT2D eigenvalue weighted by Crippen LogP contribution is -2.06. The fourth-order valence-corrected chi connectivity index (χ4v) is 1.66. The number of nitrogens with one attached hydrogen (secondary N) is 1. The molecule has 0 radical (unpaired) electrons. The summed E-state index contributed by atoms with van der Waals surface area (Å²) in [5, 5.41) is 30.4. The van der Waals surface area contributed by atoms with Crippen LogP contribution < -0.4 is 10.1 Å². The van der Waals surface area contributed by atoms with Crippen LogP contribution >= 0.6 is 0 Å². The van der Waals surface area contributed by atoms with Crippen molar-refractivity contribution in [1.29, 1.82) is 5.26 Å². The number of nitriles is 1. The maximum Gasteiger partial charge on any atom is 0.409 e. The number of carbonyl (C=O) groups is 1. The zero-order valence-corrected chi connectivity index (χ0v) is 11.0. The normalized spacial score (nSPS) is 9.59. The van der Waals surface area contributed by atoms with E-state index >= 15 is 0 Å². The van der Waals surface area contributed by atoms with Crippen LogP contribution in [0.1, 0.15) is 5.56 Å². The first-order chi connectivity index (χ1) is 10.5. The molecule has 0 aliphatic carbocycles. The number of nitro benzene ring substituents is 1. The van der Waals surface area contributed by atoms with Gasteiger partial charge in [-0.25, -0.2) is 4.79 Å². The number of nitrogens with zero attached hydrogens (tertiary/aromatic N) is 2. The van der Waals surface area contributed by atoms with Crippen molar-refractivity contribution in [2.24, 2.45) is 0 Å². The van der Waals surface area contributed by atoms with Gasteiger partial charge in [-0.1, -0.05) is 0 Å². The summed E-state index contributed by atoms with van der Waals surface area (Å²) >= 11 is 0. The van der Waals surface area contributed by atoms with Crippen molar-refractivity contribution in [3.05, 3.63) is 58.1 Å². The molecule has 0 aliphatic rings. The molecule has 22 heavy (non-hydrogen) atoms. The Hall–Kier alpha value is -3.60. The van der Waals surface area contributed by atoms with E-state index in [0.29, 0.717) is 11.4 Å². The Morgan fingerprint density at radius 1 is 1.27 bits per heavy atom. The third-order valence-electron chi connectivity index (χ3n) is 2.63. The molecule has 2 aromatic rings. The SMILES string of the molecule is N#Cc1cc([N+](=O)[O-])ccc1Oc1ccc(NC(=O)O)cc1. The van der Waals surface area contributed by atoms with Crippen molar-refractivity contribution in [2.45, 2.75) is 0 Å². The smallest absolute Gasteiger partial charge is 0.409 e. The van der Waals surface area contributed by atoms with Crippen LogP contribution in [0.25, 0.3) is 0 Å². The standard InChI is InChI=1S/C14H9N3O5/c15-8-9-7-11(17(20)21)3-6-13(9)22-12-4-1-10(2-5-12)16-14(18)19/h1-7,16H,(H,18,19). The first-order valence-corrected chi connectivity index (χ1v) is 5.96. The van der Waals surface area contributed by atoms with Crippen molar-refractivity contribution in [2.75, 3.05) is 5.32 Å². The molecule has 110 valence electrons. The summed E-state index contributed by atoms with van der Waals surface area (Å²) in [6.45, 7) is 0. The molecule has 0 fully saturated rings. The second-order valence-electron chi connectivity index (χ2n) is 4.11. The summed E-state index contributed by atoms with van der Waals surface area (Å²) < 4.78 is 5.47. The molecule has 0 bridgehead atoms. The van der Waals surface area contributed by atoms with Gasteiger partial charge in [-0.15, -0.1) is 0 Å². The summed E-state index contributed by atoms with van der Waals surface area (Å²) in [7, 11) is 0. The summed E-state index contributed by atoms with van der Waals surface area (Å²) in [6.07, 6.45) is -1.18. The van der Waals surface area contributed by atoms with E-state index in [-0.39, 0.29) is 17.0 Å². The van der Waals surface area contributed by atoms with Gasteiger partial charge in [0.25, 0.3) is 5.69 Å². The Kier molecular flexibility index (Phi) is 4.19. The topological polar surface area (TPSA) is 125 Å². The van der Waals surface area contributed by atoms with Crippen LogP contribution in [-0.2, 0) is 0 Å². The van der Waals surface area contributed by atoms with E-state index in [1.807, 2.05) is 6.07 Å². The highest BCUT2D eigenvalue weighted by atomic mass is 16.6. The predicted molar refractivity (Wildman–Crippen MR) is 76.0 cm³/mol. The van der Waals surface area contributed by atoms with E-state index in [2.05, 4.69) is 5.32 Å². The highest BCUT2D eigenvalue weighted by Crippen LogP contribution is 2.28. The van der Waals surface area contributed by atoms with Gasteiger partial charge < -0.3 is 9.84 Å². The third kappa shape index (κ3) is 3.49. The number of hydrogen-bond donors (Lipinski definition) is 2. The van der Waals surface area contributed by atoms with Crippen molar-refractivity contribution in [1.82, 2.24) is 0 Å². The quantitative estimate of drug-likeness (QED) is 0.658. The summed E-state index contributed by atoms with van der Waals surface area (Å²) in [4.78, 5) is 20.5. The summed E-state index contributed by atoms with van der Waals surface area (Å²) in [6, 6.07) is 11.5. The highest BCUT2D eigenvalue weighted by molar-refractivity contribution is 5.82. The molecule has 2 N–H and O–H groups in total. The number of rotatable bonds is 4. The predicted octanol–water partition coefficient (Wildman–Crippen LogP) is 3.35. The maximum atomic E-state index is 10.7. The minimum absolute atomic E-state index is 0.0296. The molecule has 0 unspecified atom stereocenters. The number of anilines is 1. The van der Waals surface area contributed by atoms with Gasteiger partial charge in [-0.2, -0.15) is 5.26 Å². The number of nitro groups is 1. The molecule has 2 aromatic carbocycles. The molecule has 0 atom stereocenters. The van der Waals surface area contributed by atoms with E-state index in [4.69, 9.17) is 15.1 Å². The minimum atomic E-state index is -1.18. The van der Waals surface area contributed by atoms with Crippen LogP contribution in [0, 0.1) is 21.4 Å². The molecule has 0 heterocycles. The molecule has 0 spiro atoms. The Labute approximate surface area is 124 Å². The highest BCUT2D eigenvalue weighted by Gasteiger charge is 2.12. The van der Waals surface area contributed by atoms with Gasteiger partial charge in [-0.3, -0.25) is 15.4 Å². The number of carboxylic acid groups (broad SMARTS) is 1. The minimum Gasteiger partial charge on any atom is -0.465 e. The lowest BCUT2D eigenvalue weighted by Gasteiger charge is -2.08. The molecule has 0 saturated carbocycles. The average Bonchev–Trinajstić information content (AvgIpc) is 2.49. The second kappa shape index (κ2) is 6.23. The summed E-state index contributed by atoms with van der Waals surface area (Å²) in [5.41, 5.74) is 0.191. The van der Waals surface area contributed by atoms with Gasteiger partial charge in [0.15, 0.2) is 0 Å². The zero-order chi connectivity index (χ0) is 16.1. The average molecular weight is 299 g/mol. The Bertz CT molecular complexity index is 765. The Morgan fingerprint density at radius 3 is 2.50 bits per heavy atom. The molecule has 0 saturated heterocycles. The van der Waals surface area contributed by atoms with E-state index in [9.17, 15) is 14.9 Å². The molecule has 8 nitrogen and oxygen atoms in total. The van der Waals surface area contributed by atoms with E-state index < -0.39 is 11.0 Å². The van der Waals surface area contributed by atoms with Gasteiger partial charge in [0.2, 0.25) is 0 Å². The Morgan fingerprint density at radius 2 is 1.95 bits per heavy atom. The second-order valence-corrected chi connectivity index (χ2v) is 4.11. The van der Waals surface area contributed by atoms with Crippen LogP contribution in [0.4, 0.5) is 16.2 Å². The van der Waals surface area contributed by atoms with E-state index in [1.165, 1.54) is 36.4 Å². The lowest BCUT2D eigenvalue weighted by molar-refractivity contribution is -0.384. The van der Waals surface area contributed by atoms with Gasteiger partial charge in [0.05, 0.1) is 4.92 Å². The number of ether oxygens (including phenoxy) is 1. The number of amides is 1. The monoisotopic (exact) mass is 299 g/mol. The fourth-order valence-electron chi connectivity index (χ4n) is 1.66. The number of non-ortho nitro benzene ring substituents is 1. The molecular formula is C14H9N3O5. The van der Waals surface area contributed by atoms with Crippen molar-refractivity contribution in [3.63, 3.8) is 0 Å². The van der Waals surface area contributed by atoms with E-state index in [0.717, 1.165) is 6.07 Å². The molecule has 1 amide bonds. The lowest BCUT2D eigenvalue weighted by atomic mass is 10.2. The fraction of sp³-hybridized carbons (Fsp3) is 0. The van der Waals surface area contributed by atoms with Crippen LogP contribution in [0.15, 0.2) is 42.5 Å². The molecular weight excluding hydrogens is 290 g/mol.